The number of esters is 1. The van der Waals surface area contributed by atoms with E-state index in [9.17, 15) is 19.8 Å². The van der Waals surface area contributed by atoms with Crippen molar-refractivity contribution in [2.24, 2.45) is 23.7 Å². The number of aliphatic hydroxyl groups excluding tert-OH is 1. The molecule has 10 heteroatoms. The van der Waals surface area contributed by atoms with Crippen molar-refractivity contribution in [1.82, 2.24) is 5.32 Å². The van der Waals surface area contributed by atoms with Gasteiger partial charge in [-0.15, -0.1) is 0 Å². The second-order valence-corrected chi connectivity index (χ2v) is 14.6. The topological polar surface area (TPSA) is 133 Å². The van der Waals surface area contributed by atoms with E-state index >= 15 is 0 Å². The standard InChI is InChI=1S/C37H55NO9/c1-8-21(2)33-24(5)14-15-36(47-33)18-28-17-27(46-36)13-12-23(4)31(38-30(39)20-43-7)22(3)10-9-11-26-19-44-34-32(40)25(6)16-29(35(41)45-28)37(26,34)42/h9-12,16,21-22,24,27-29,31-34,40,42H,8,13-15,17-20H2,1-7H3,(H,38,39)/b10-9+,23-12+,26-11+/t21-,22-,24-,27+,28-,29-,31+,32+,33+,34+,36+,37+/m0/s1. The molecule has 0 aromatic heterocycles. The normalized spacial score (nSPS) is 44.6. The van der Waals surface area contributed by atoms with Gasteiger partial charge in [-0.1, -0.05) is 70.1 Å². The number of amides is 1. The molecule has 1 spiro atoms. The van der Waals surface area contributed by atoms with E-state index in [1.165, 1.54) is 7.11 Å². The van der Waals surface area contributed by atoms with E-state index in [1.54, 1.807) is 19.1 Å². The van der Waals surface area contributed by atoms with Gasteiger partial charge in [-0.05, 0) is 55.6 Å². The molecule has 2 bridgehead atoms. The number of aliphatic hydroxyl groups is 2. The first kappa shape index (κ1) is 36.0. The number of carbonyl (C=O) groups is 2. The Kier molecular flexibility index (Phi) is 11.2. The molecule has 262 valence electrons. The number of carbonyl (C=O) groups excluding carboxylic acids is 2. The van der Waals surface area contributed by atoms with Gasteiger partial charge in [-0.2, -0.15) is 0 Å². The van der Waals surface area contributed by atoms with Gasteiger partial charge in [0.1, 0.15) is 36.4 Å². The average Bonchev–Trinajstić information content (AvgIpc) is 3.37. The molecule has 1 amide bonds. The minimum Gasteiger partial charge on any atom is -0.462 e. The van der Waals surface area contributed by atoms with Crippen LogP contribution in [0.4, 0.5) is 0 Å². The molecule has 0 aromatic carbocycles. The summed E-state index contributed by atoms with van der Waals surface area (Å²) in [6.07, 6.45) is 10.4. The first-order valence-corrected chi connectivity index (χ1v) is 17.4. The predicted molar refractivity (Wildman–Crippen MR) is 176 cm³/mol. The van der Waals surface area contributed by atoms with E-state index in [0.717, 1.165) is 18.4 Å². The summed E-state index contributed by atoms with van der Waals surface area (Å²) in [6.45, 7) is 12.4. The fourth-order valence-electron chi connectivity index (χ4n) is 8.15. The van der Waals surface area contributed by atoms with E-state index in [-0.39, 0.29) is 43.3 Å². The first-order chi connectivity index (χ1) is 22.3. The molecule has 3 saturated heterocycles. The Labute approximate surface area is 279 Å². The quantitative estimate of drug-likeness (QED) is 0.293. The maximum Gasteiger partial charge on any atom is 0.316 e. The summed E-state index contributed by atoms with van der Waals surface area (Å²) in [5, 5.41) is 26.4. The molecule has 0 saturated carbocycles. The summed E-state index contributed by atoms with van der Waals surface area (Å²) < 4.78 is 31.0. The van der Waals surface area contributed by atoms with E-state index in [2.05, 4.69) is 32.2 Å². The maximum atomic E-state index is 14.1. The lowest BCUT2D eigenvalue weighted by Gasteiger charge is -2.51. The average molecular weight is 658 g/mol. The Morgan fingerprint density at radius 2 is 1.96 bits per heavy atom. The number of allylic oxidation sites excluding steroid dienone is 2. The van der Waals surface area contributed by atoms with Crippen molar-refractivity contribution in [3.63, 3.8) is 0 Å². The van der Waals surface area contributed by atoms with Crippen molar-refractivity contribution in [1.29, 1.82) is 0 Å². The van der Waals surface area contributed by atoms with Gasteiger partial charge < -0.3 is 39.2 Å². The van der Waals surface area contributed by atoms with Crippen LogP contribution in [0.25, 0.3) is 0 Å². The fourth-order valence-corrected chi connectivity index (χ4v) is 8.15. The number of ether oxygens (including phenoxy) is 5. The molecule has 47 heavy (non-hydrogen) atoms. The Hall–Kier alpha value is -2.34. The number of methoxy groups -OCH3 is 1. The molecule has 0 radical (unpaired) electrons. The Balaban J connectivity index is 1.55. The van der Waals surface area contributed by atoms with Crippen LogP contribution in [0.1, 0.15) is 80.1 Å². The van der Waals surface area contributed by atoms with E-state index in [4.69, 9.17) is 23.7 Å². The number of fused-ring (bicyclic) bond motifs is 2. The molecule has 4 heterocycles. The molecule has 1 aliphatic carbocycles. The molecular formula is C37H55NO9. The largest absolute Gasteiger partial charge is 0.462 e. The molecular weight excluding hydrogens is 602 g/mol. The molecule has 10 nitrogen and oxygen atoms in total. The van der Waals surface area contributed by atoms with Gasteiger partial charge in [-0.25, -0.2) is 0 Å². The maximum absolute atomic E-state index is 14.1. The first-order valence-electron chi connectivity index (χ1n) is 17.4. The molecule has 3 N–H and O–H groups in total. The van der Waals surface area contributed by atoms with Gasteiger partial charge in [0.05, 0.1) is 24.9 Å². The second kappa shape index (κ2) is 14.6. The molecule has 0 aromatic rings. The van der Waals surface area contributed by atoms with Crippen LogP contribution in [0.3, 0.4) is 0 Å². The number of nitrogens with one attached hydrogen (secondary N) is 1. The zero-order valence-corrected chi connectivity index (χ0v) is 29.1. The van der Waals surface area contributed by atoms with Gasteiger partial charge in [0.15, 0.2) is 5.79 Å². The predicted octanol–water partition coefficient (Wildman–Crippen LogP) is 4.30. The summed E-state index contributed by atoms with van der Waals surface area (Å²) in [6, 6.07) is -0.321. The van der Waals surface area contributed by atoms with Crippen LogP contribution >= 0.6 is 0 Å². The lowest BCUT2D eigenvalue weighted by Crippen LogP contribution is -2.58. The fraction of sp³-hybridized carbons (Fsp3) is 0.730. The summed E-state index contributed by atoms with van der Waals surface area (Å²) in [5.74, 6) is -2.16. The van der Waals surface area contributed by atoms with Crippen LogP contribution in [0.2, 0.25) is 0 Å². The van der Waals surface area contributed by atoms with Crippen LogP contribution in [-0.2, 0) is 33.3 Å². The third-order valence-electron chi connectivity index (χ3n) is 11.1. The lowest BCUT2D eigenvalue weighted by molar-refractivity contribution is -0.340. The van der Waals surface area contributed by atoms with E-state index < -0.39 is 41.6 Å². The zero-order chi connectivity index (χ0) is 34.1. The molecule has 3 fully saturated rings. The van der Waals surface area contributed by atoms with Crippen LogP contribution in [0.5, 0.6) is 0 Å². The molecule has 5 aliphatic rings. The van der Waals surface area contributed by atoms with Gasteiger partial charge >= 0.3 is 5.97 Å². The summed E-state index contributed by atoms with van der Waals surface area (Å²) in [5.41, 5.74) is 0.220. The summed E-state index contributed by atoms with van der Waals surface area (Å²) >= 11 is 0. The van der Waals surface area contributed by atoms with Gasteiger partial charge in [0, 0.05) is 26.4 Å². The third-order valence-corrected chi connectivity index (χ3v) is 11.1. The van der Waals surface area contributed by atoms with Crippen molar-refractivity contribution in [3.8, 4) is 0 Å². The minimum absolute atomic E-state index is 0.0159. The van der Waals surface area contributed by atoms with E-state index in [1.807, 2.05) is 26.0 Å². The second-order valence-electron chi connectivity index (χ2n) is 14.6. The minimum atomic E-state index is -1.79. The SMILES string of the molecule is CC[C@H](C)[C@H]1O[C@]2(CC[C@@H]1C)C[C@@H]1C[C@@H](C/C=C(\C)[C@H](NC(=O)COC)[C@@H](C)/C=C/C=C3\CO[C@@H]4[C@H](O)C(C)=C[C@@H](C(=O)O1)[C@]34O)O2. The van der Waals surface area contributed by atoms with Gasteiger partial charge in [0.2, 0.25) is 5.91 Å². The van der Waals surface area contributed by atoms with Crippen LogP contribution in [0, 0.1) is 23.7 Å². The van der Waals surface area contributed by atoms with Crippen LogP contribution in [0.15, 0.2) is 47.1 Å². The monoisotopic (exact) mass is 657 g/mol. The number of hydrogen-bond donors (Lipinski definition) is 3. The Morgan fingerprint density at radius 3 is 2.68 bits per heavy atom. The zero-order valence-electron chi connectivity index (χ0n) is 29.1. The Bertz CT molecular complexity index is 1290. The van der Waals surface area contributed by atoms with Crippen LogP contribution in [-0.4, -0.2) is 90.4 Å². The highest BCUT2D eigenvalue weighted by Crippen LogP contribution is 2.48. The third kappa shape index (κ3) is 7.33. The van der Waals surface area contributed by atoms with Crippen LogP contribution < -0.4 is 5.32 Å². The molecule has 5 rings (SSSR count). The van der Waals surface area contributed by atoms with Gasteiger partial charge in [0.25, 0.3) is 0 Å². The van der Waals surface area contributed by atoms with Crippen molar-refractivity contribution < 1.29 is 43.5 Å². The number of hydrogen-bond acceptors (Lipinski definition) is 9. The van der Waals surface area contributed by atoms with Crippen molar-refractivity contribution in [3.05, 3.63) is 47.1 Å². The van der Waals surface area contributed by atoms with Crippen molar-refractivity contribution >= 4 is 11.9 Å². The molecule has 4 aliphatic heterocycles. The highest BCUT2D eigenvalue weighted by atomic mass is 16.7. The summed E-state index contributed by atoms with van der Waals surface area (Å²) in [7, 11) is 1.49. The van der Waals surface area contributed by atoms with Crippen molar-refractivity contribution in [2.45, 2.75) is 128 Å². The Morgan fingerprint density at radius 1 is 1.19 bits per heavy atom. The van der Waals surface area contributed by atoms with Crippen molar-refractivity contribution in [2.75, 3.05) is 20.3 Å². The highest BCUT2D eigenvalue weighted by molar-refractivity contribution is 5.79. The highest BCUT2D eigenvalue weighted by Gasteiger charge is 2.60. The molecule has 12 atom stereocenters. The smallest absolute Gasteiger partial charge is 0.316 e. The molecule has 0 unspecified atom stereocenters. The van der Waals surface area contributed by atoms with Gasteiger partial charge in [-0.3, -0.25) is 9.59 Å². The van der Waals surface area contributed by atoms with E-state index in [0.29, 0.717) is 48.7 Å². The number of rotatable bonds is 5. The summed E-state index contributed by atoms with van der Waals surface area (Å²) in [4.78, 5) is 26.8. The lowest BCUT2D eigenvalue weighted by atomic mass is 9.71.